The second-order valence-electron chi connectivity index (χ2n) is 4.31. The fourth-order valence-corrected chi connectivity index (χ4v) is 1.89. The van der Waals surface area contributed by atoms with Crippen LogP contribution in [0.2, 0.25) is 5.02 Å². The number of halogens is 1. The van der Waals surface area contributed by atoms with E-state index >= 15 is 0 Å². The number of hydrogen-bond acceptors (Lipinski definition) is 4. The molecule has 0 aliphatic carbocycles. The first-order chi connectivity index (χ1) is 10.6. The van der Waals surface area contributed by atoms with Gasteiger partial charge in [-0.2, -0.15) is 0 Å². The second-order valence-corrected chi connectivity index (χ2v) is 4.72. The number of amides is 2. The van der Waals surface area contributed by atoms with Gasteiger partial charge in [-0.15, -0.1) is 0 Å². The van der Waals surface area contributed by atoms with E-state index in [9.17, 15) is 9.59 Å². The lowest BCUT2D eigenvalue weighted by atomic mass is 10.2. The van der Waals surface area contributed by atoms with E-state index in [2.05, 4.69) is 20.4 Å². The number of nitrogens with zero attached hydrogens (tertiary/aromatic N) is 1. The smallest absolute Gasteiger partial charge is 0.407 e. The fourth-order valence-electron chi connectivity index (χ4n) is 1.71. The van der Waals surface area contributed by atoms with Gasteiger partial charge in [-0.1, -0.05) is 23.7 Å². The molecule has 2 amide bonds. The van der Waals surface area contributed by atoms with Crippen molar-refractivity contribution in [2.75, 3.05) is 12.4 Å². The molecule has 6 nitrogen and oxygen atoms in total. The summed E-state index contributed by atoms with van der Waals surface area (Å²) in [4.78, 5) is 27.3. The number of anilines is 1. The summed E-state index contributed by atoms with van der Waals surface area (Å²) >= 11 is 6.00. The third-order valence-corrected chi connectivity index (χ3v) is 3.13. The number of nitrogens with one attached hydrogen (secondary N) is 2. The van der Waals surface area contributed by atoms with Gasteiger partial charge in [-0.05, 0) is 24.3 Å². The monoisotopic (exact) mass is 319 g/mol. The minimum atomic E-state index is -0.562. The van der Waals surface area contributed by atoms with E-state index in [0.29, 0.717) is 22.0 Å². The molecule has 22 heavy (non-hydrogen) atoms. The first-order valence-corrected chi connectivity index (χ1v) is 6.80. The Bertz CT molecular complexity index is 691. The van der Waals surface area contributed by atoms with Crippen molar-refractivity contribution < 1.29 is 14.3 Å². The van der Waals surface area contributed by atoms with Gasteiger partial charge >= 0.3 is 6.09 Å². The van der Waals surface area contributed by atoms with Gasteiger partial charge in [-0.3, -0.25) is 9.78 Å². The zero-order valence-corrected chi connectivity index (χ0v) is 12.6. The number of carbonyl (C=O) groups excluding carboxylic acids is 2. The quantitative estimate of drug-likeness (QED) is 0.908. The van der Waals surface area contributed by atoms with E-state index in [-0.39, 0.29) is 12.5 Å². The maximum Gasteiger partial charge on any atom is 0.407 e. The molecule has 1 heterocycles. The highest BCUT2D eigenvalue weighted by atomic mass is 35.5. The van der Waals surface area contributed by atoms with Crippen LogP contribution in [0.25, 0.3) is 0 Å². The minimum absolute atomic E-state index is 0.167. The highest BCUT2D eigenvalue weighted by molar-refractivity contribution is 6.33. The number of alkyl carbamates (subject to hydrolysis) is 1. The number of rotatable bonds is 4. The first-order valence-electron chi connectivity index (χ1n) is 6.43. The molecule has 0 spiro atoms. The molecular weight excluding hydrogens is 306 g/mol. The zero-order valence-electron chi connectivity index (χ0n) is 11.8. The summed E-state index contributed by atoms with van der Waals surface area (Å²) in [5.41, 5.74) is 1.48. The molecule has 0 radical (unpaired) electrons. The van der Waals surface area contributed by atoms with E-state index in [1.807, 2.05) is 0 Å². The third kappa shape index (κ3) is 4.20. The lowest BCUT2D eigenvalue weighted by Gasteiger charge is -2.08. The molecule has 0 atom stereocenters. The number of para-hydroxylation sites is 1. The highest BCUT2D eigenvalue weighted by Gasteiger charge is 2.09. The van der Waals surface area contributed by atoms with Gasteiger partial charge in [0.15, 0.2) is 0 Å². The summed E-state index contributed by atoms with van der Waals surface area (Å²) in [5, 5.41) is 5.67. The fraction of sp³-hybridized carbons (Fsp3) is 0.133. The van der Waals surface area contributed by atoms with Crippen molar-refractivity contribution in [3.63, 3.8) is 0 Å². The summed E-state index contributed by atoms with van der Waals surface area (Å²) in [6, 6.07) is 10.1. The Morgan fingerprint density at radius 3 is 2.77 bits per heavy atom. The van der Waals surface area contributed by atoms with E-state index in [1.165, 1.54) is 13.3 Å². The molecule has 0 saturated carbocycles. The molecule has 1 aromatic carbocycles. The van der Waals surface area contributed by atoms with Crippen molar-refractivity contribution in [2.45, 2.75) is 6.54 Å². The van der Waals surface area contributed by atoms with Crippen LogP contribution in [-0.2, 0) is 11.3 Å². The molecule has 0 bridgehead atoms. The van der Waals surface area contributed by atoms with Crippen LogP contribution in [0.3, 0.4) is 0 Å². The van der Waals surface area contributed by atoms with Crippen molar-refractivity contribution in [3.8, 4) is 0 Å². The third-order valence-electron chi connectivity index (χ3n) is 2.80. The SMILES string of the molecule is COC(=O)NCc1cc(C(=O)Nc2ccccc2Cl)ccn1. The molecule has 0 aliphatic rings. The van der Waals surface area contributed by atoms with Crippen LogP contribution >= 0.6 is 11.6 Å². The Labute approximate surface area is 132 Å². The average molecular weight is 320 g/mol. The van der Waals surface area contributed by atoms with Crippen LogP contribution in [0.1, 0.15) is 16.1 Å². The van der Waals surface area contributed by atoms with E-state index < -0.39 is 6.09 Å². The van der Waals surface area contributed by atoms with Crippen molar-refractivity contribution in [2.24, 2.45) is 0 Å². The number of methoxy groups -OCH3 is 1. The van der Waals surface area contributed by atoms with Crippen LogP contribution in [0.15, 0.2) is 42.6 Å². The number of benzene rings is 1. The lowest BCUT2D eigenvalue weighted by molar-refractivity contribution is 0.102. The number of pyridine rings is 1. The predicted octanol–water partition coefficient (Wildman–Crippen LogP) is 2.84. The average Bonchev–Trinajstić information content (AvgIpc) is 2.55. The number of hydrogen-bond donors (Lipinski definition) is 2. The highest BCUT2D eigenvalue weighted by Crippen LogP contribution is 2.21. The van der Waals surface area contributed by atoms with Gasteiger partial charge < -0.3 is 15.4 Å². The Balaban J connectivity index is 2.07. The van der Waals surface area contributed by atoms with Gasteiger partial charge in [0.1, 0.15) is 0 Å². The topological polar surface area (TPSA) is 80.3 Å². The minimum Gasteiger partial charge on any atom is -0.453 e. The van der Waals surface area contributed by atoms with Crippen molar-refractivity contribution in [1.29, 1.82) is 0 Å². The van der Waals surface area contributed by atoms with Gasteiger partial charge in [0.2, 0.25) is 0 Å². The summed E-state index contributed by atoms with van der Waals surface area (Å²) < 4.78 is 4.47. The van der Waals surface area contributed by atoms with Gasteiger partial charge in [0.25, 0.3) is 5.91 Å². The van der Waals surface area contributed by atoms with Gasteiger partial charge in [0.05, 0.1) is 30.1 Å². The summed E-state index contributed by atoms with van der Waals surface area (Å²) in [6.07, 6.45) is 0.934. The normalized spacial score (nSPS) is 9.91. The van der Waals surface area contributed by atoms with Crippen LogP contribution in [0.5, 0.6) is 0 Å². The Morgan fingerprint density at radius 2 is 2.05 bits per heavy atom. The van der Waals surface area contributed by atoms with Crippen molar-refractivity contribution >= 4 is 29.3 Å². The van der Waals surface area contributed by atoms with E-state index in [1.54, 1.807) is 36.4 Å². The Hall–Kier alpha value is -2.60. The molecule has 1 aromatic heterocycles. The molecule has 0 aliphatic heterocycles. The molecule has 0 saturated heterocycles. The molecule has 2 aromatic rings. The summed E-state index contributed by atoms with van der Waals surface area (Å²) in [6.45, 7) is 0.167. The molecule has 0 unspecified atom stereocenters. The van der Waals surface area contributed by atoms with Crippen molar-refractivity contribution in [1.82, 2.24) is 10.3 Å². The maximum atomic E-state index is 12.2. The van der Waals surface area contributed by atoms with Crippen LogP contribution in [0.4, 0.5) is 10.5 Å². The van der Waals surface area contributed by atoms with Crippen LogP contribution in [-0.4, -0.2) is 24.1 Å². The standard InChI is InChI=1S/C15H14ClN3O3/c1-22-15(21)18-9-11-8-10(6-7-17-11)14(20)19-13-5-3-2-4-12(13)16/h2-8H,9H2,1H3,(H,18,21)(H,19,20). The maximum absolute atomic E-state index is 12.2. The first kappa shape index (κ1) is 15.8. The predicted molar refractivity (Wildman–Crippen MR) is 82.9 cm³/mol. The van der Waals surface area contributed by atoms with Crippen LogP contribution in [0, 0.1) is 0 Å². The number of aromatic nitrogens is 1. The van der Waals surface area contributed by atoms with Gasteiger partial charge in [-0.25, -0.2) is 4.79 Å². The molecule has 7 heteroatoms. The molecule has 0 fully saturated rings. The summed E-state index contributed by atoms with van der Waals surface area (Å²) in [7, 11) is 1.27. The summed E-state index contributed by atoms with van der Waals surface area (Å²) in [5.74, 6) is -0.310. The van der Waals surface area contributed by atoms with Crippen LogP contribution < -0.4 is 10.6 Å². The van der Waals surface area contributed by atoms with Crippen molar-refractivity contribution in [3.05, 3.63) is 58.9 Å². The molecule has 2 N–H and O–H groups in total. The van der Waals surface area contributed by atoms with Gasteiger partial charge in [0, 0.05) is 11.8 Å². The Kier molecular flexibility index (Phi) is 5.32. The number of carbonyl (C=O) groups is 2. The molecular formula is C15H14ClN3O3. The van der Waals surface area contributed by atoms with E-state index in [0.717, 1.165) is 0 Å². The molecule has 2 rings (SSSR count). The Morgan fingerprint density at radius 1 is 1.27 bits per heavy atom. The zero-order chi connectivity index (χ0) is 15.9. The lowest BCUT2D eigenvalue weighted by Crippen LogP contribution is -2.23. The largest absolute Gasteiger partial charge is 0.453 e. The molecule has 114 valence electrons. The number of ether oxygens (including phenoxy) is 1. The second kappa shape index (κ2) is 7.42. The van der Waals surface area contributed by atoms with E-state index in [4.69, 9.17) is 11.6 Å².